The number of hydrogen-bond donors (Lipinski definition) is 3. The Morgan fingerprint density at radius 1 is 1.35 bits per heavy atom. The van der Waals surface area contributed by atoms with Crippen molar-refractivity contribution in [2.45, 2.75) is 44.1 Å². The molecule has 3 N–H and O–H groups in total. The minimum Gasteiger partial charge on any atom is -0.389 e. The molecule has 0 bridgehead atoms. The number of anilines is 1. The summed E-state index contributed by atoms with van der Waals surface area (Å²) in [6, 6.07) is 4.13. The summed E-state index contributed by atoms with van der Waals surface area (Å²) in [6.07, 6.45) is 4.45. The van der Waals surface area contributed by atoms with Gasteiger partial charge in [0.15, 0.2) is 0 Å². The van der Waals surface area contributed by atoms with Gasteiger partial charge in [0.25, 0.3) is 0 Å². The maximum absolute atomic E-state index is 12.9. The van der Waals surface area contributed by atoms with E-state index in [1.807, 2.05) is 0 Å². The van der Waals surface area contributed by atoms with Crippen LogP contribution in [0.4, 0.5) is 10.1 Å². The molecule has 0 radical (unpaired) electrons. The molecule has 4 nitrogen and oxygen atoms in total. The Balaban J connectivity index is 1.85. The third-order valence-electron chi connectivity index (χ3n) is 3.54. The molecule has 20 heavy (non-hydrogen) atoms. The molecule has 1 aromatic rings. The second-order valence-electron chi connectivity index (χ2n) is 5.26. The fourth-order valence-electron chi connectivity index (χ4n) is 2.46. The van der Waals surface area contributed by atoms with Crippen LogP contribution < -0.4 is 10.9 Å². The number of carbonyl (C=O) groups is 1. The molecule has 0 saturated heterocycles. The van der Waals surface area contributed by atoms with Crippen LogP contribution in [0.1, 0.15) is 38.5 Å². The second-order valence-corrected chi connectivity index (χ2v) is 6.11. The van der Waals surface area contributed by atoms with Gasteiger partial charge in [-0.3, -0.25) is 15.6 Å². The first-order valence-electron chi connectivity index (χ1n) is 6.71. The lowest BCUT2D eigenvalue weighted by molar-refractivity contribution is -0.126. The van der Waals surface area contributed by atoms with Crippen LogP contribution in [0.25, 0.3) is 0 Å². The average Bonchev–Trinajstić information content (AvgIpc) is 2.38. The average molecular weight is 345 g/mol. The number of benzene rings is 1. The summed E-state index contributed by atoms with van der Waals surface area (Å²) in [5.74, 6) is -0.629. The number of carbonyl (C=O) groups excluding carboxylic acids is 1. The van der Waals surface area contributed by atoms with Crippen LogP contribution in [-0.2, 0) is 4.79 Å². The zero-order chi connectivity index (χ0) is 14.6. The van der Waals surface area contributed by atoms with Gasteiger partial charge in [-0.25, -0.2) is 4.39 Å². The largest absolute Gasteiger partial charge is 0.389 e. The van der Waals surface area contributed by atoms with Gasteiger partial charge in [0.1, 0.15) is 5.82 Å². The maximum atomic E-state index is 12.9. The van der Waals surface area contributed by atoms with Gasteiger partial charge < -0.3 is 5.11 Å². The number of amides is 1. The van der Waals surface area contributed by atoms with Gasteiger partial charge in [0.05, 0.1) is 17.7 Å². The summed E-state index contributed by atoms with van der Waals surface area (Å²) < 4.78 is 13.5. The lowest BCUT2D eigenvalue weighted by Crippen LogP contribution is -2.40. The van der Waals surface area contributed by atoms with Crippen molar-refractivity contribution in [1.82, 2.24) is 5.43 Å². The Hall–Kier alpha value is -1.14. The Morgan fingerprint density at radius 3 is 2.70 bits per heavy atom. The van der Waals surface area contributed by atoms with E-state index < -0.39 is 5.60 Å². The van der Waals surface area contributed by atoms with Gasteiger partial charge in [-0.2, -0.15) is 0 Å². The summed E-state index contributed by atoms with van der Waals surface area (Å²) in [6.45, 7) is 0. The van der Waals surface area contributed by atoms with Crippen LogP contribution in [0.15, 0.2) is 22.7 Å². The van der Waals surface area contributed by atoms with Gasteiger partial charge in [-0.1, -0.05) is 19.3 Å². The third-order valence-corrected chi connectivity index (χ3v) is 4.20. The van der Waals surface area contributed by atoms with Gasteiger partial charge in [-0.15, -0.1) is 0 Å². The summed E-state index contributed by atoms with van der Waals surface area (Å²) in [5, 5.41) is 10.3. The second kappa shape index (κ2) is 6.54. The van der Waals surface area contributed by atoms with Crippen molar-refractivity contribution in [3.63, 3.8) is 0 Å². The Morgan fingerprint density at radius 2 is 2.05 bits per heavy atom. The SMILES string of the molecule is O=C(CC1(O)CCCCC1)NNc1ccc(F)cc1Br. The fourth-order valence-corrected chi connectivity index (χ4v) is 2.91. The van der Waals surface area contributed by atoms with E-state index in [0.29, 0.717) is 23.0 Å². The quantitative estimate of drug-likeness (QED) is 0.735. The van der Waals surface area contributed by atoms with E-state index >= 15 is 0 Å². The molecule has 6 heteroatoms. The smallest absolute Gasteiger partial charge is 0.241 e. The molecule has 2 rings (SSSR count). The summed E-state index contributed by atoms with van der Waals surface area (Å²) in [4.78, 5) is 11.8. The standard InChI is InChI=1S/C14H18BrFN2O2/c15-11-8-10(16)4-5-12(11)17-18-13(19)9-14(20)6-2-1-3-7-14/h4-5,8,17,20H,1-3,6-7,9H2,(H,18,19). The Bertz CT molecular complexity index is 490. The van der Waals surface area contributed by atoms with Gasteiger partial charge in [0, 0.05) is 4.47 Å². The van der Waals surface area contributed by atoms with Gasteiger partial charge in [-0.05, 0) is 47.0 Å². The molecule has 0 spiro atoms. The normalized spacial score (nSPS) is 17.6. The summed E-state index contributed by atoms with van der Waals surface area (Å²) >= 11 is 3.20. The van der Waals surface area contributed by atoms with E-state index in [-0.39, 0.29) is 18.1 Å². The monoisotopic (exact) mass is 344 g/mol. The highest BCUT2D eigenvalue weighted by Gasteiger charge is 2.31. The van der Waals surface area contributed by atoms with Crippen molar-refractivity contribution in [1.29, 1.82) is 0 Å². The fraction of sp³-hybridized carbons (Fsp3) is 0.500. The van der Waals surface area contributed by atoms with E-state index in [4.69, 9.17) is 0 Å². The highest BCUT2D eigenvalue weighted by Crippen LogP contribution is 2.30. The predicted molar refractivity (Wildman–Crippen MR) is 78.5 cm³/mol. The molecular formula is C14H18BrFN2O2. The third kappa shape index (κ3) is 4.18. The summed E-state index contributed by atoms with van der Waals surface area (Å²) in [5.41, 5.74) is 4.93. The molecule has 0 heterocycles. The van der Waals surface area contributed by atoms with Crippen molar-refractivity contribution >= 4 is 27.5 Å². The molecule has 1 aliphatic carbocycles. The van der Waals surface area contributed by atoms with Crippen molar-refractivity contribution in [2.24, 2.45) is 0 Å². The molecule has 0 atom stereocenters. The lowest BCUT2D eigenvalue weighted by atomic mass is 9.82. The minimum absolute atomic E-state index is 0.0822. The maximum Gasteiger partial charge on any atom is 0.241 e. The van der Waals surface area contributed by atoms with Crippen molar-refractivity contribution in [2.75, 3.05) is 5.43 Å². The first kappa shape index (κ1) is 15.3. The zero-order valence-electron chi connectivity index (χ0n) is 11.1. The number of hydrazine groups is 1. The molecular weight excluding hydrogens is 327 g/mol. The van der Waals surface area contributed by atoms with E-state index in [0.717, 1.165) is 19.3 Å². The van der Waals surface area contributed by atoms with E-state index in [1.165, 1.54) is 18.2 Å². The van der Waals surface area contributed by atoms with Crippen molar-refractivity contribution in [3.8, 4) is 0 Å². The van der Waals surface area contributed by atoms with Crippen LogP contribution in [0.3, 0.4) is 0 Å². The van der Waals surface area contributed by atoms with Crippen LogP contribution in [-0.4, -0.2) is 16.6 Å². The molecule has 0 aromatic heterocycles. The number of aliphatic hydroxyl groups is 1. The van der Waals surface area contributed by atoms with Crippen LogP contribution >= 0.6 is 15.9 Å². The number of hydrogen-bond acceptors (Lipinski definition) is 3. The number of nitrogens with one attached hydrogen (secondary N) is 2. The Labute approximate surface area is 125 Å². The highest BCUT2D eigenvalue weighted by molar-refractivity contribution is 9.10. The molecule has 0 unspecified atom stereocenters. The molecule has 0 aliphatic heterocycles. The van der Waals surface area contributed by atoms with Crippen LogP contribution in [0.5, 0.6) is 0 Å². The Kier molecular flexibility index (Phi) is 4.99. The summed E-state index contributed by atoms with van der Waals surface area (Å²) in [7, 11) is 0. The van der Waals surface area contributed by atoms with Crippen molar-refractivity contribution < 1.29 is 14.3 Å². The van der Waals surface area contributed by atoms with E-state index in [2.05, 4.69) is 26.8 Å². The molecule has 1 aromatic carbocycles. The minimum atomic E-state index is -0.885. The van der Waals surface area contributed by atoms with E-state index in [9.17, 15) is 14.3 Å². The first-order valence-corrected chi connectivity index (χ1v) is 7.50. The topological polar surface area (TPSA) is 61.4 Å². The molecule has 1 aliphatic rings. The van der Waals surface area contributed by atoms with Crippen molar-refractivity contribution in [3.05, 3.63) is 28.5 Å². The highest BCUT2D eigenvalue weighted by atomic mass is 79.9. The predicted octanol–water partition coefficient (Wildman–Crippen LogP) is 3.12. The zero-order valence-corrected chi connectivity index (χ0v) is 12.7. The lowest BCUT2D eigenvalue weighted by Gasteiger charge is -2.31. The van der Waals surface area contributed by atoms with Crippen LogP contribution in [0, 0.1) is 5.82 Å². The number of rotatable bonds is 4. The van der Waals surface area contributed by atoms with E-state index in [1.54, 1.807) is 0 Å². The van der Waals surface area contributed by atoms with Crippen LogP contribution in [0.2, 0.25) is 0 Å². The molecule has 110 valence electrons. The molecule has 1 fully saturated rings. The first-order chi connectivity index (χ1) is 9.48. The van der Waals surface area contributed by atoms with Gasteiger partial charge in [0.2, 0.25) is 5.91 Å². The molecule has 1 saturated carbocycles. The number of halogens is 2. The molecule has 1 amide bonds. The van der Waals surface area contributed by atoms with Gasteiger partial charge >= 0.3 is 0 Å².